The third-order valence-corrected chi connectivity index (χ3v) is 4.90. The normalized spacial score (nSPS) is 12.4. The van der Waals surface area contributed by atoms with E-state index in [9.17, 15) is 45.7 Å². The molecule has 0 aliphatic heterocycles. The van der Waals surface area contributed by atoms with Crippen molar-refractivity contribution < 1.29 is 45.4 Å². The lowest BCUT2D eigenvalue weighted by Gasteiger charge is -2.13. The highest BCUT2D eigenvalue weighted by Crippen LogP contribution is 2.41. The van der Waals surface area contributed by atoms with Crippen molar-refractivity contribution in [3.05, 3.63) is 75.7 Å². The number of halogens is 7. The summed E-state index contributed by atoms with van der Waals surface area (Å²) in [5.41, 5.74) is -5.29. The number of alkyl halides is 6. The Labute approximate surface area is 184 Å². The minimum absolute atomic E-state index is 0.444. The molecular weight excluding hydrogens is 477 g/mol. The van der Waals surface area contributed by atoms with Crippen LogP contribution in [-0.4, -0.2) is 20.0 Å². The minimum Gasteiger partial charge on any atom is -0.504 e. The van der Waals surface area contributed by atoms with Gasteiger partial charge in [-0.1, -0.05) is 0 Å². The van der Waals surface area contributed by atoms with Gasteiger partial charge in [-0.15, -0.1) is 0 Å². The van der Waals surface area contributed by atoms with Crippen molar-refractivity contribution in [2.75, 3.05) is 0 Å². The van der Waals surface area contributed by atoms with Crippen molar-refractivity contribution in [2.24, 2.45) is 0 Å². The molecule has 0 aliphatic rings. The highest BCUT2D eigenvalue weighted by atomic mass is 19.4. The molecule has 0 saturated carbocycles. The number of phenols is 2. The van der Waals surface area contributed by atoms with E-state index < -0.39 is 80.6 Å². The zero-order valence-corrected chi connectivity index (χ0v) is 16.5. The van der Waals surface area contributed by atoms with Crippen molar-refractivity contribution >= 4 is 11.0 Å². The van der Waals surface area contributed by atoms with Crippen LogP contribution in [0.25, 0.3) is 22.1 Å². The zero-order chi connectivity index (χ0) is 25.0. The maximum absolute atomic E-state index is 13.7. The molecule has 13 heteroatoms. The standard InChI is InChI=1S/C21H11F7N2O4/c22-11-1-3-13(20(23,24)25)9(5-11)7-30-8-10(6-29-30)15-16(32)12-2-4-14(31)17(33)18(12)34-19(15)21(26,27)28/h1-6,8,31,33H,7H2. The Morgan fingerprint density at radius 2 is 1.71 bits per heavy atom. The number of aromatic hydroxyl groups is 2. The van der Waals surface area contributed by atoms with Crippen LogP contribution < -0.4 is 5.43 Å². The molecule has 0 saturated heterocycles. The number of rotatable bonds is 3. The molecule has 4 rings (SSSR count). The van der Waals surface area contributed by atoms with E-state index in [2.05, 4.69) is 5.10 Å². The second kappa shape index (κ2) is 7.78. The fourth-order valence-corrected chi connectivity index (χ4v) is 3.42. The molecule has 6 nitrogen and oxygen atoms in total. The van der Waals surface area contributed by atoms with Gasteiger partial charge >= 0.3 is 12.4 Å². The van der Waals surface area contributed by atoms with Gasteiger partial charge in [0.1, 0.15) is 5.82 Å². The number of aromatic nitrogens is 2. The number of nitrogens with zero attached hydrogens (tertiary/aromatic N) is 2. The summed E-state index contributed by atoms with van der Waals surface area (Å²) in [7, 11) is 0. The lowest BCUT2D eigenvalue weighted by molar-refractivity contribution is -0.152. The summed E-state index contributed by atoms with van der Waals surface area (Å²) >= 11 is 0. The van der Waals surface area contributed by atoms with Crippen LogP contribution in [0.5, 0.6) is 11.5 Å². The van der Waals surface area contributed by atoms with Crippen molar-refractivity contribution in [1.29, 1.82) is 0 Å². The van der Waals surface area contributed by atoms with Gasteiger partial charge in [-0.2, -0.15) is 31.4 Å². The molecule has 2 N–H and O–H groups in total. The van der Waals surface area contributed by atoms with Crippen LogP contribution in [0.3, 0.4) is 0 Å². The number of fused-ring (bicyclic) bond motifs is 1. The van der Waals surface area contributed by atoms with Gasteiger partial charge in [0.25, 0.3) is 0 Å². The maximum Gasteiger partial charge on any atom is 0.450 e. The maximum atomic E-state index is 13.7. The first kappa shape index (κ1) is 23.1. The average Bonchev–Trinajstić information content (AvgIpc) is 3.17. The predicted molar refractivity (Wildman–Crippen MR) is 103 cm³/mol. The van der Waals surface area contributed by atoms with Gasteiger partial charge < -0.3 is 14.6 Å². The summed E-state index contributed by atoms with van der Waals surface area (Å²) in [4.78, 5) is 12.9. The number of hydrogen-bond donors (Lipinski definition) is 2. The molecule has 0 bridgehead atoms. The Morgan fingerprint density at radius 3 is 2.35 bits per heavy atom. The first-order chi connectivity index (χ1) is 15.8. The van der Waals surface area contributed by atoms with E-state index in [1.54, 1.807) is 0 Å². The van der Waals surface area contributed by atoms with Crippen LogP contribution in [-0.2, 0) is 18.9 Å². The third kappa shape index (κ3) is 4.04. The number of hydrogen-bond acceptors (Lipinski definition) is 5. The topological polar surface area (TPSA) is 88.5 Å². The van der Waals surface area contributed by atoms with E-state index in [1.807, 2.05) is 0 Å². The van der Waals surface area contributed by atoms with Crippen LogP contribution in [0.4, 0.5) is 30.7 Å². The van der Waals surface area contributed by atoms with Gasteiger partial charge in [0.05, 0.1) is 29.3 Å². The van der Waals surface area contributed by atoms with Gasteiger partial charge in [-0.3, -0.25) is 9.48 Å². The first-order valence-electron chi connectivity index (χ1n) is 9.24. The fraction of sp³-hybridized carbons (Fsp3) is 0.143. The quantitative estimate of drug-likeness (QED) is 0.302. The van der Waals surface area contributed by atoms with Crippen LogP contribution >= 0.6 is 0 Å². The largest absolute Gasteiger partial charge is 0.504 e. The van der Waals surface area contributed by atoms with E-state index in [1.165, 1.54) is 0 Å². The SMILES string of the molecule is O=c1c(-c2cnn(Cc3cc(F)ccc3C(F)(F)F)c2)c(C(F)(F)F)oc2c(O)c(O)ccc12. The first-order valence-corrected chi connectivity index (χ1v) is 9.24. The molecular formula is C21H11F7N2O4. The zero-order valence-electron chi connectivity index (χ0n) is 16.5. The molecule has 34 heavy (non-hydrogen) atoms. The highest BCUT2D eigenvalue weighted by Gasteiger charge is 2.40. The Balaban J connectivity index is 1.87. The second-order valence-electron chi connectivity index (χ2n) is 7.17. The van der Waals surface area contributed by atoms with Gasteiger partial charge in [0, 0.05) is 11.8 Å². The molecule has 0 fully saturated rings. The van der Waals surface area contributed by atoms with E-state index in [0.717, 1.165) is 29.2 Å². The number of phenolic OH excluding ortho intramolecular Hbond substituents is 2. The third-order valence-electron chi connectivity index (χ3n) is 4.90. The van der Waals surface area contributed by atoms with E-state index in [0.29, 0.717) is 18.2 Å². The molecule has 2 heterocycles. The molecule has 178 valence electrons. The van der Waals surface area contributed by atoms with Crippen molar-refractivity contribution in [3.63, 3.8) is 0 Å². The van der Waals surface area contributed by atoms with Crippen LogP contribution in [0.1, 0.15) is 16.9 Å². The average molecular weight is 488 g/mol. The minimum atomic E-state index is -5.23. The second-order valence-corrected chi connectivity index (χ2v) is 7.17. The lowest BCUT2D eigenvalue weighted by atomic mass is 10.0. The van der Waals surface area contributed by atoms with Crippen molar-refractivity contribution in [1.82, 2.24) is 9.78 Å². The molecule has 0 radical (unpaired) electrons. The smallest absolute Gasteiger partial charge is 0.450 e. The molecule has 2 aromatic carbocycles. The summed E-state index contributed by atoms with van der Waals surface area (Å²) < 4.78 is 99.8. The van der Waals surface area contributed by atoms with Crippen molar-refractivity contribution in [2.45, 2.75) is 18.9 Å². The molecule has 0 amide bonds. The van der Waals surface area contributed by atoms with Gasteiger partial charge in [-0.25, -0.2) is 4.39 Å². The highest BCUT2D eigenvalue weighted by molar-refractivity contribution is 5.88. The van der Waals surface area contributed by atoms with Crippen molar-refractivity contribution in [3.8, 4) is 22.6 Å². The molecule has 0 spiro atoms. The van der Waals surface area contributed by atoms with E-state index >= 15 is 0 Å². The molecule has 4 aromatic rings. The summed E-state index contributed by atoms with van der Waals surface area (Å²) in [5.74, 6) is -4.67. The predicted octanol–water partition coefficient (Wildman–Crippen LogP) is 5.29. The van der Waals surface area contributed by atoms with E-state index in [-0.39, 0.29) is 0 Å². The van der Waals surface area contributed by atoms with Gasteiger partial charge in [-0.05, 0) is 35.9 Å². The lowest BCUT2D eigenvalue weighted by Crippen LogP contribution is -2.16. The number of benzene rings is 2. The Morgan fingerprint density at radius 1 is 1.00 bits per heavy atom. The molecule has 0 aliphatic carbocycles. The van der Waals surface area contributed by atoms with Gasteiger partial charge in [0.2, 0.25) is 16.9 Å². The van der Waals surface area contributed by atoms with Crippen LogP contribution in [0.2, 0.25) is 0 Å². The summed E-state index contributed by atoms with van der Waals surface area (Å²) in [6.07, 6.45) is -8.37. The fourth-order valence-electron chi connectivity index (χ4n) is 3.42. The Kier molecular flexibility index (Phi) is 5.30. The van der Waals surface area contributed by atoms with Gasteiger partial charge in [0.15, 0.2) is 11.3 Å². The monoisotopic (exact) mass is 488 g/mol. The molecule has 2 aromatic heterocycles. The summed E-state index contributed by atoms with van der Waals surface area (Å²) in [6, 6.07) is 3.57. The van der Waals surface area contributed by atoms with Crippen LogP contribution in [0, 0.1) is 5.82 Å². The summed E-state index contributed by atoms with van der Waals surface area (Å²) in [6.45, 7) is -0.665. The summed E-state index contributed by atoms with van der Waals surface area (Å²) in [5, 5.41) is 22.6. The molecule has 0 atom stereocenters. The Bertz CT molecular complexity index is 1470. The van der Waals surface area contributed by atoms with E-state index in [4.69, 9.17) is 4.42 Å². The molecule has 0 unspecified atom stereocenters. The Hall–Kier alpha value is -4.03. The van der Waals surface area contributed by atoms with Crippen LogP contribution in [0.15, 0.2) is 51.9 Å².